The van der Waals surface area contributed by atoms with Crippen molar-refractivity contribution in [2.75, 3.05) is 6.61 Å². The molecule has 0 aromatic heterocycles. The van der Waals surface area contributed by atoms with Crippen LogP contribution < -0.4 is 5.32 Å². The van der Waals surface area contributed by atoms with E-state index in [0.717, 1.165) is 12.8 Å². The van der Waals surface area contributed by atoms with E-state index in [-0.39, 0.29) is 12.5 Å². The van der Waals surface area contributed by atoms with E-state index < -0.39 is 12.1 Å². The summed E-state index contributed by atoms with van der Waals surface area (Å²) >= 11 is 0. The molecule has 4 nitrogen and oxygen atoms in total. The predicted octanol–water partition coefficient (Wildman–Crippen LogP) is 12.8. The van der Waals surface area contributed by atoms with Crippen LogP contribution in [-0.4, -0.2) is 34.9 Å². The van der Waals surface area contributed by atoms with Crippen molar-refractivity contribution in [3.05, 3.63) is 24.3 Å². The molecule has 0 aliphatic heterocycles. The highest BCUT2D eigenvalue weighted by molar-refractivity contribution is 5.77. The fourth-order valence-corrected chi connectivity index (χ4v) is 6.45. The first kappa shape index (κ1) is 45.9. The first-order chi connectivity index (χ1) is 23.2. The Bertz CT molecular complexity index is 676. The summed E-state index contributed by atoms with van der Waals surface area (Å²) in [6.45, 7) is 4.31. The molecule has 0 fully saturated rings. The lowest BCUT2D eigenvalue weighted by Gasteiger charge is -2.21. The van der Waals surface area contributed by atoms with Crippen molar-refractivity contribution in [3.8, 4) is 0 Å². The lowest BCUT2D eigenvalue weighted by Crippen LogP contribution is -2.45. The molecule has 47 heavy (non-hydrogen) atoms. The smallest absolute Gasteiger partial charge is 0.224 e. The molecule has 0 spiro atoms. The summed E-state index contributed by atoms with van der Waals surface area (Å²) in [6.07, 6.45) is 50.0. The lowest BCUT2D eigenvalue weighted by atomic mass is 10.0. The second-order valence-corrected chi connectivity index (χ2v) is 14.4. The average molecular weight is 662 g/mol. The second kappa shape index (κ2) is 39.3. The summed E-state index contributed by atoms with van der Waals surface area (Å²) in [5.41, 5.74) is 0. The Labute approximate surface area is 294 Å². The van der Waals surface area contributed by atoms with Crippen LogP contribution in [-0.2, 0) is 4.79 Å². The molecule has 0 bridgehead atoms. The van der Waals surface area contributed by atoms with Gasteiger partial charge in [-0.3, -0.25) is 4.79 Å². The van der Waals surface area contributed by atoms with Crippen molar-refractivity contribution < 1.29 is 15.0 Å². The van der Waals surface area contributed by atoms with Gasteiger partial charge in [0.25, 0.3) is 0 Å². The van der Waals surface area contributed by atoms with Gasteiger partial charge in [-0.25, -0.2) is 0 Å². The van der Waals surface area contributed by atoms with E-state index in [1.807, 2.05) is 12.2 Å². The number of carbonyl (C=O) groups excluding carboxylic acids is 1. The molecule has 0 saturated heterocycles. The number of rotatable bonds is 38. The number of amides is 1. The maximum absolute atomic E-state index is 12.3. The molecule has 278 valence electrons. The Kier molecular flexibility index (Phi) is 38.4. The zero-order valence-corrected chi connectivity index (χ0v) is 31.8. The van der Waals surface area contributed by atoms with E-state index in [9.17, 15) is 15.0 Å². The second-order valence-electron chi connectivity index (χ2n) is 14.4. The van der Waals surface area contributed by atoms with Crippen molar-refractivity contribution in [2.45, 2.75) is 238 Å². The van der Waals surface area contributed by atoms with Crippen LogP contribution in [0.4, 0.5) is 0 Å². The monoisotopic (exact) mass is 662 g/mol. The van der Waals surface area contributed by atoms with Gasteiger partial charge in [0.15, 0.2) is 0 Å². The molecule has 0 heterocycles. The van der Waals surface area contributed by atoms with Crippen molar-refractivity contribution >= 4 is 5.91 Å². The number of aliphatic hydroxyl groups is 2. The van der Waals surface area contributed by atoms with Gasteiger partial charge >= 0.3 is 0 Å². The zero-order valence-electron chi connectivity index (χ0n) is 31.8. The van der Waals surface area contributed by atoms with Crippen LogP contribution in [0.2, 0.25) is 0 Å². The Morgan fingerprint density at radius 1 is 0.489 bits per heavy atom. The van der Waals surface area contributed by atoms with Gasteiger partial charge in [0.05, 0.1) is 18.8 Å². The van der Waals surface area contributed by atoms with Gasteiger partial charge in [0, 0.05) is 6.42 Å². The molecule has 1 amide bonds. The number of hydrogen-bond acceptors (Lipinski definition) is 3. The topological polar surface area (TPSA) is 69.6 Å². The van der Waals surface area contributed by atoms with Gasteiger partial charge in [0.1, 0.15) is 0 Å². The molecule has 0 rings (SSSR count). The summed E-state index contributed by atoms with van der Waals surface area (Å²) < 4.78 is 0. The largest absolute Gasteiger partial charge is 0.394 e. The lowest BCUT2D eigenvalue weighted by molar-refractivity contribution is -0.122. The molecular formula is C43H83NO3. The first-order valence-electron chi connectivity index (χ1n) is 21.0. The molecule has 0 aromatic rings. The highest BCUT2D eigenvalue weighted by Gasteiger charge is 2.18. The van der Waals surface area contributed by atoms with Crippen LogP contribution in [0.5, 0.6) is 0 Å². The molecule has 4 heteroatoms. The van der Waals surface area contributed by atoms with Crippen LogP contribution in [0.1, 0.15) is 226 Å². The maximum Gasteiger partial charge on any atom is 0.224 e. The quantitative estimate of drug-likeness (QED) is 0.0455. The molecule has 0 saturated carbocycles. The van der Waals surface area contributed by atoms with E-state index >= 15 is 0 Å². The van der Waals surface area contributed by atoms with Crippen LogP contribution in [0.25, 0.3) is 0 Å². The van der Waals surface area contributed by atoms with Crippen molar-refractivity contribution in [3.63, 3.8) is 0 Å². The first-order valence-corrected chi connectivity index (χ1v) is 21.0. The summed E-state index contributed by atoms with van der Waals surface area (Å²) in [6, 6.07) is -0.613. The van der Waals surface area contributed by atoms with Gasteiger partial charge in [-0.15, -0.1) is 0 Å². The van der Waals surface area contributed by atoms with Crippen LogP contribution in [0.3, 0.4) is 0 Å². The number of carbonyl (C=O) groups is 1. The molecule has 0 aliphatic carbocycles. The van der Waals surface area contributed by atoms with Crippen molar-refractivity contribution in [1.29, 1.82) is 0 Å². The van der Waals surface area contributed by atoms with E-state index in [1.54, 1.807) is 0 Å². The van der Waals surface area contributed by atoms with E-state index in [1.165, 1.54) is 186 Å². The third-order valence-corrected chi connectivity index (χ3v) is 9.72. The van der Waals surface area contributed by atoms with Crippen LogP contribution in [0.15, 0.2) is 24.3 Å². The number of aliphatic hydroxyl groups excluding tert-OH is 2. The van der Waals surface area contributed by atoms with Gasteiger partial charge in [-0.2, -0.15) is 0 Å². The SMILES string of the molecule is CCCCCCCCCCCCC=CC[C@@H](O)[C@H](CO)NC(=O)CC=CCCCCCCCCCCCCCCCCCCCCC. The third kappa shape index (κ3) is 36.0. The van der Waals surface area contributed by atoms with Crippen molar-refractivity contribution in [1.82, 2.24) is 5.32 Å². The van der Waals surface area contributed by atoms with E-state index in [2.05, 4.69) is 31.3 Å². The number of allylic oxidation sites excluding steroid dienone is 2. The molecule has 0 unspecified atom stereocenters. The molecule has 3 N–H and O–H groups in total. The normalized spacial score (nSPS) is 13.2. The van der Waals surface area contributed by atoms with E-state index in [0.29, 0.717) is 12.8 Å². The maximum atomic E-state index is 12.3. The summed E-state index contributed by atoms with van der Waals surface area (Å²) in [5, 5.41) is 22.9. The molecule has 0 aromatic carbocycles. The standard InChI is InChI=1S/C43H83NO3/c1-3-5-7-9-11-13-15-17-18-19-20-21-22-23-24-25-27-29-31-33-35-37-39-43(47)44-41(40-45)42(46)38-36-34-32-30-28-26-16-14-12-10-8-6-4-2/h34-37,41-42,45-46H,3-33,38-40H2,1-2H3,(H,44,47)/t41-,42+/m0/s1. The highest BCUT2D eigenvalue weighted by atomic mass is 16.3. The van der Waals surface area contributed by atoms with Gasteiger partial charge < -0.3 is 15.5 Å². The van der Waals surface area contributed by atoms with Gasteiger partial charge in [-0.1, -0.05) is 212 Å². The minimum Gasteiger partial charge on any atom is -0.394 e. The fraction of sp³-hybridized carbons (Fsp3) is 0.884. The van der Waals surface area contributed by atoms with Crippen LogP contribution in [0, 0.1) is 0 Å². The molecule has 2 atom stereocenters. The summed E-state index contributed by atoms with van der Waals surface area (Å²) in [7, 11) is 0. The number of hydrogen-bond donors (Lipinski definition) is 3. The predicted molar refractivity (Wildman–Crippen MR) is 207 cm³/mol. The number of nitrogens with one attached hydrogen (secondary N) is 1. The minimum atomic E-state index is -0.763. The molecule has 0 radical (unpaired) electrons. The Morgan fingerprint density at radius 2 is 0.809 bits per heavy atom. The van der Waals surface area contributed by atoms with Gasteiger partial charge in [-0.05, 0) is 32.1 Å². The minimum absolute atomic E-state index is 0.137. The summed E-state index contributed by atoms with van der Waals surface area (Å²) in [5.74, 6) is -0.137. The molecular weight excluding hydrogens is 578 g/mol. The summed E-state index contributed by atoms with van der Waals surface area (Å²) in [4.78, 5) is 12.3. The van der Waals surface area contributed by atoms with Gasteiger partial charge in [0.2, 0.25) is 5.91 Å². The highest BCUT2D eigenvalue weighted by Crippen LogP contribution is 2.15. The van der Waals surface area contributed by atoms with Crippen molar-refractivity contribution in [2.24, 2.45) is 0 Å². The Balaban J connectivity index is 3.56. The van der Waals surface area contributed by atoms with E-state index in [4.69, 9.17) is 0 Å². The Hall–Kier alpha value is -1.13. The average Bonchev–Trinajstić information content (AvgIpc) is 3.07. The van der Waals surface area contributed by atoms with Crippen LogP contribution >= 0.6 is 0 Å². The molecule has 0 aliphatic rings. The zero-order chi connectivity index (χ0) is 34.3. The third-order valence-electron chi connectivity index (χ3n) is 9.72. The fourth-order valence-electron chi connectivity index (χ4n) is 6.45. The number of unbranched alkanes of at least 4 members (excludes halogenated alkanes) is 29. The Morgan fingerprint density at radius 3 is 1.15 bits per heavy atom.